The smallest absolute Gasteiger partial charge is 0.224 e. The molecule has 1 aromatic rings. The number of nitrogens with one attached hydrogen (secondary N) is 1. The molecule has 0 bridgehead atoms. The fourth-order valence-electron chi connectivity index (χ4n) is 1.93. The Morgan fingerprint density at radius 1 is 1.17 bits per heavy atom. The van der Waals surface area contributed by atoms with Gasteiger partial charge in [0.2, 0.25) is 5.91 Å². The van der Waals surface area contributed by atoms with E-state index in [2.05, 4.69) is 38.2 Å². The Bertz CT molecular complexity index is 481. The minimum atomic E-state index is -0.200. The number of amides is 1. The van der Waals surface area contributed by atoms with Crippen molar-refractivity contribution in [3.63, 3.8) is 0 Å². The van der Waals surface area contributed by atoms with E-state index in [-0.39, 0.29) is 41.7 Å². The first kappa shape index (κ1) is 21.7. The Morgan fingerprint density at radius 2 is 1.70 bits per heavy atom. The maximum absolute atomic E-state index is 11.9. The van der Waals surface area contributed by atoms with Crippen molar-refractivity contribution in [1.82, 2.24) is 5.32 Å². The summed E-state index contributed by atoms with van der Waals surface area (Å²) in [7, 11) is 0. The van der Waals surface area contributed by atoms with Crippen LogP contribution in [-0.4, -0.2) is 24.6 Å². The molecule has 0 heterocycles. The number of halogens is 1. The predicted molar refractivity (Wildman–Crippen MR) is 98.3 cm³/mol. The average molecular weight is 343 g/mol. The Kier molecular flexibility index (Phi) is 8.64. The highest BCUT2D eigenvalue weighted by Crippen LogP contribution is 2.24. The summed E-state index contributed by atoms with van der Waals surface area (Å²) in [6.07, 6.45) is 0. The van der Waals surface area contributed by atoms with Crippen LogP contribution in [0.4, 0.5) is 0 Å². The molecular formula is C18H31ClN2O2. The number of rotatable bonds is 6. The van der Waals surface area contributed by atoms with Gasteiger partial charge in [-0.15, -0.1) is 12.4 Å². The Hall–Kier alpha value is -1.26. The molecule has 0 aliphatic heterocycles. The molecule has 0 aliphatic rings. The molecule has 0 spiro atoms. The SMILES string of the molecule is CC(COc1ccc(C(C)(C)C)cc1)NC(=O)C(C)C(C)N.Cl. The van der Waals surface area contributed by atoms with Crippen LogP contribution in [0, 0.1) is 5.92 Å². The van der Waals surface area contributed by atoms with Gasteiger partial charge in [0, 0.05) is 12.0 Å². The number of hydrogen-bond donors (Lipinski definition) is 2. The van der Waals surface area contributed by atoms with Crippen LogP contribution in [0.1, 0.15) is 47.1 Å². The number of hydrogen-bond acceptors (Lipinski definition) is 3. The monoisotopic (exact) mass is 342 g/mol. The Morgan fingerprint density at radius 3 is 2.13 bits per heavy atom. The molecule has 3 atom stereocenters. The van der Waals surface area contributed by atoms with Gasteiger partial charge in [-0.3, -0.25) is 4.79 Å². The molecule has 1 amide bonds. The molecule has 4 nitrogen and oxygen atoms in total. The topological polar surface area (TPSA) is 64.3 Å². The molecule has 1 rings (SSSR count). The summed E-state index contributed by atoms with van der Waals surface area (Å²) in [6, 6.07) is 7.89. The zero-order valence-electron chi connectivity index (χ0n) is 15.1. The third-order valence-corrected chi connectivity index (χ3v) is 3.81. The maximum Gasteiger partial charge on any atom is 0.224 e. The van der Waals surface area contributed by atoms with Crippen molar-refractivity contribution >= 4 is 18.3 Å². The van der Waals surface area contributed by atoms with Crippen molar-refractivity contribution in [2.45, 2.75) is 59.0 Å². The Balaban J connectivity index is 0.00000484. The van der Waals surface area contributed by atoms with Gasteiger partial charge in [0.25, 0.3) is 0 Å². The van der Waals surface area contributed by atoms with E-state index >= 15 is 0 Å². The number of carbonyl (C=O) groups is 1. The third-order valence-electron chi connectivity index (χ3n) is 3.81. The minimum Gasteiger partial charge on any atom is -0.491 e. The van der Waals surface area contributed by atoms with E-state index in [1.807, 2.05) is 32.9 Å². The van der Waals surface area contributed by atoms with Crippen LogP contribution >= 0.6 is 12.4 Å². The lowest BCUT2D eigenvalue weighted by Crippen LogP contribution is -2.44. The summed E-state index contributed by atoms with van der Waals surface area (Å²) in [5, 5.41) is 2.92. The predicted octanol–water partition coefficient (Wildman–Crippen LogP) is 3.27. The summed E-state index contributed by atoms with van der Waals surface area (Å²) in [4.78, 5) is 11.9. The van der Waals surface area contributed by atoms with E-state index in [1.165, 1.54) is 5.56 Å². The van der Waals surface area contributed by atoms with Gasteiger partial charge in [-0.25, -0.2) is 0 Å². The fourth-order valence-corrected chi connectivity index (χ4v) is 1.93. The van der Waals surface area contributed by atoms with Crippen LogP contribution in [0.3, 0.4) is 0 Å². The van der Waals surface area contributed by atoms with Gasteiger partial charge in [-0.1, -0.05) is 39.8 Å². The van der Waals surface area contributed by atoms with Crippen molar-refractivity contribution in [3.05, 3.63) is 29.8 Å². The van der Waals surface area contributed by atoms with Crippen LogP contribution in [-0.2, 0) is 10.2 Å². The van der Waals surface area contributed by atoms with Gasteiger partial charge in [-0.2, -0.15) is 0 Å². The van der Waals surface area contributed by atoms with Crippen LogP contribution in [0.25, 0.3) is 0 Å². The summed E-state index contributed by atoms with van der Waals surface area (Å²) in [5.74, 6) is 0.581. The molecule has 3 N–H and O–H groups in total. The summed E-state index contributed by atoms with van der Waals surface area (Å²) < 4.78 is 5.73. The van der Waals surface area contributed by atoms with Gasteiger partial charge >= 0.3 is 0 Å². The van der Waals surface area contributed by atoms with E-state index < -0.39 is 0 Å². The lowest BCUT2D eigenvalue weighted by molar-refractivity contribution is -0.125. The maximum atomic E-state index is 11.9. The molecule has 132 valence electrons. The van der Waals surface area contributed by atoms with Crippen molar-refractivity contribution in [2.75, 3.05) is 6.61 Å². The molecule has 3 unspecified atom stereocenters. The molecule has 0 saturated heterocycles. The lowest BCUT2D eigenvalue weighted by Gasteiger charge is -2.21. The average Bonchev–Trinajstić information content (AvgIpc) is 2.43. The summed E-state index contributed by atoms with van der Waals surface area (Å²) >= 11 is 0. The molecule has 0 radical (unpaired) electrons. The van der Waals surface area contributed by atoms with Crippen LogP contribution < -0.4 is 15.8 Å². The molecule has 0 fully saturated rings. The van der Waals surface area contributed by atoms with E-state index in [9.17, 15) is 4.79 Å². The second-order valence-corrected chi connectivity index (χ2v) is 7.14. The van der Waals surface area contributed by atoms with Gasteiger partial charge in [0.1, 0.15) is 12.4 Å². The van der Waals surface area contributed by atoms with Crippen molar-refractivity contribution in [1.29, 1.82) is 0 Å². The van der Waals surface area contributed by atoms with Crippen LogP contribution in [0.2, 0.25) is 0 Å². The highest BCUT2D eigenvalue weighted by atomic mass is 35.5. The van der Waals surface area contributed by atoms with Crippen molar-refractivity contribution in [3.8, 4) is 5.75 Å². The second-order valence-electron chi connectivity index (χ2n) is 7.14. The standard InChI is InChI=1S/C18H30N2O2.ClH/c1-12(20-17(21)13(2)14(3)19)11-22-16-9-7-15(8-10-16)18(4,5)6;/h7-10,12-14H,11,19H2,1-6H3,(H,20,21);1H. The highest BCUT2D eigenvalue weighted by Gasteiger charge is 2.19. The highest BCUT2D eigenvalue weighted by molar-refractivity contribution is 5.85. The normalized spacial score (nSPS) is 15.1. The van der Waals surface area contributed by atoms with Crippen LogP contribution in [0.15, 0.2) is 24.3 Å². The fraction of sp³-hybridized carbons (Fsp3) is 0.611. The number of carbonyl (C=O) groups excluding carboxylic acids is 1. The molecule has 0 aliphatic carbocycles. The molecule has 1 aromatic carbocycles. The molecule has 23 heavy (non-hydrogen) atoms. The van der Waals surface area contributed by atoms with Gasteiger partial charge < -0.3 is 15.8 Å². The van der Waals surface area contributed by atoms with Crippen molar-refractivity contribution < 1.29 is 9.53 Å². The van der Waals surface area contributed by atoms with Crippen molar-refractivity contribution in [2.24, 2.45) is 11.7 Å². The lowest BCUT2D eigenvalue weighted by atomic mass is 9.87. The van der Waals surface area contributed by atoms with E-state index in [1.54, 1.807) is 0 Å². The van der Waals surface area contributed by atoms with Crippen LogP contribution in [0.5, 0.6) is 5.75 Å². The largest absolute Gasteiger partial charge is 0.491 e. The molecular weight excluding hydrogens is 312 g/mol. The molecule has 5 heteroatoms. The van der Waals surface area contributed by atoms with E-state index in [0.717, 1.165) is 5.75 Å². The summed E-state index contributed by atoms with van der Waals surface area (Å²) in [6.45, 7) is 12.6. The first-order chi connectivity index (χ1) is 10.1. The first-order valence-electron chi connectivity index (χ1n) is 7.90. The van der Waals surface area contributed by atoms with Gasteiger partial charge in [-0.05, 0) is 37.0 Å². The number of benzene rings is 1. The first-order valence-corrected chi connectivity index (χ1v) is 7.90. The Labute approximate surface area is 146 Å². The zero-order valence-corrected chi connectivity index (χ0v) is 15.9. The van der Waals surface area contributed by atoms with E-state index in [0.29, 0.717) is 6.61 Å². The quantitative estimate of drug-likeness (QED) is 0.833. The number of nitrogens with two attached hydrogens (primary N) is 1. The van der Waals surface area contributed by atoms with E-state index in [4.69, 9.17) is 10.5 Å². The zero-order chi connectivity index (χ0) is 16.9. The minimum absolute atomic E-state index is 0. The molecule has 0 aromatic heterocycles. The molecule has 0 saturated carbocycles. The summed E-state index contributed by atoms with van der Waals surface area (Å²) in [5.41, 5.74) is 7.14. The third kappa shape index (κ3) is 7.23. The van der Waals surface area contributed by atoms with Gasteiger partial charge in [0.05, 0.1) is 6.04 Å². The number of ether oxygens (including phenoxy) is 1. The second kappa shape index (κ2) is 9.14. The van der Waals surface area contributed by atoms with Gasteiger partial charge in [0.15, 0.2) is 0 Å².